The zero-order valence-corrected chi connectivity index (χ0v) is 51.6. The van der Waals surface area contributed by atoms with Crippen LogP contribution in [0.15, 0.2) is 277 Å². The number of anilines is 6. The maximum atomic E-state index is 7.41. The molecule has 3 aromatic heterocycles. The molecule has 0 atom stereocenters. The summed E-state index contributed by atoms with van der Waals surface area (Å²) in [5.41, 5.74) is 24.4. The Kier molecular flexibility index (Phi) is 12.3. The maximum absolute atomic E-state index is 7.41. The first-order valence-corrected chi connectivity index (χ1v) is 31.5. The molecule has 7 nitrogen and oxygen atoms in total. The Bertz CT molecular complexity index is 5280. The van der Waals surface area contributed by atoms with Crippen LogP contribution >= 0.6 is 0 Å². The minimum Gasteiger partial charge on any atom is -0.454 e. The third-order valence-electron chi connectivity index (χ3n) is 18.8. The molecule has 17 rings (SSSR count). The second-order valence-electron chi connectivity index (χ2n) is 26.4. The van der Waals surface area contributed by atoms with Crippen LogP contribution in [0.1, 0.15) is 52.7 Å². The van der Waals surface area contributed by atoms with Crippen LogP contribution in [0.5, 0.6) is 0 Å². The summed E-state index contributed by atoms with van der Waals surface area (Å²) in [6, 6.07) is 99.4. The summed E-state index contributed by atoms with van der Waals surface area (Å²) in [6.07, 6.45) is 0. The Morgan fingerprint density at radius 3 is 1.40 bits per heavy atom. The van der Waals surface area contributed by atoms with Crippen LogP contribution in [0.25, 0.3) is 106 Å². The van der Waals surface area contributed by atoms with Gasteiger partial charge in [0, 0.05) is 72.1 Å². The lowest BCUT2D eigenvalue weighted by Crippen LogP contribution is -2.61. The first kappa shape index (κ1) is 54.1. The standard InChI is InChI=1S/C83H63BN6O/c1-82(2,3)57-42-37-52(38-43-57)60-27-13-18-32-68(60)89-73-49-56(81-86-79(54-23-9-7-10-24-54)85-80(87-81)55-25-11-8-12-26-55)41-47-66(73)84-67-50-59(88-70-34-20-15-29-62(70)63-30-16-21-35-71(63)88)46-48-72(67)90(69-33-19-14-28-61(69)53-39-44-58(45-40-53)83(4,5)6)77-76(84)74(89)51-65-64-31-17-22-36-75(64)91-78(65)77/h7-51H,1-6H3. The minimum absolute atomic E-state index is 0.0120. The lowest BCUT2D eigenvalue weighted by molar-refractivity contribution is 0.590. The van der Waals surface area contributed by atoms with Gasteiger partial charge in [0.25, 0.3) is 6.71 Å². The van der Waals surface area contributed by atoms with E-state index in [1.54, 1.807) is 0 Å². The summed E-state index contributed by atoms with van der Waals surface area (Å²) < 4.78 is 9.87. The smallest absolute Gasteiger partial charge is 0.252 e. The van der Waals surface area contributed by atoms with E-state index in [1.165, 1.54) is 27.4 Å². The highest BCUT2D eigenvalue weighted by Crippen LogP contribution is 2.53. The first-order valence-electron chi connectivity index (χ1n) is 31.5. The molecule has 12 aromatic carbocycles. The molecule has 15 aromatic rings. The van der Waals surface area contributed by atoms with Crippen LogP contribution in [0, 0.1) is 0 Å². The van der Waals surface area contributed by atoms with Crippen LogP contribution in [0.4, 0.5) is 34.1 Å². The number of hydrogen-bond acceptors (Lipinski definition) is 6. The van der Waals surface area contributed by atoms with E-state index in [1.807, 2.05) is 36.4 Å². The molecule has 8 heteroatoms. The Balaban J connectivity index is 1.000. The Morgan fingerprint density at radius 2 is 0.824 bits per heavy atom. The first-order chi connectivity index (χ1) is 44.4. The third-order valence-corrected chi connectivity index (χ3v) is 18.8. The molecule has 0 saturated heterocycles. The molecule has 91 heavy (non-hydrogen) atoms. The summed E-state index contributed by atoms with van der Waals surface area (Å²) in [4.78, 5) is 21.0. The Hall–Kier alpha value is -11.1. The Labute approximate surface area is 530 Å². The van der Waals surface area contributed by atoms with Crippen molar-refractivity contribution in [2.24, 2.45) is 0 Å². The maximum Gasteiger partial charge on any atom is 0.252 e. The fourth-order valence-corrected chi connectivity index (χ4v) is 14.3. The highest BCUT2D eigenvalue weighted by molar-refractivity contribution is 7.00. The largest absolute Gasteiger partial charge is 0.454 e. The zero-order chi connectivity index (χ0) is 61.3. The van der Waals surface area contributed by atoms with Gasteiger partial charge in [0.2, 0.25) is 0 Å². The summed E-state index contributed by atoms with van der Waals surface area (Å²) in [5, 5.41) is 4.50. The van der Waals surface area contributed by atoms with E-state index in [4.69, 9.17) is 19.4 Å². The SMILES string of the molecule is CC(C)(C)c1ccc(-c2ccccc2N2c3cc(-c4nc(-c5ccccc5)nc(-c5ccccc5)n4)ccc3B3c4cc(-n5c6ccccc6c6ccccc65)ccc4N(c4ccccc4-c4ccc(C(C)(C)C)cc4)c4c3c2cc2c4oc3ccccc32)cc1. The lowest BCUT2D eigenvalue weighted by Gasteiger charge is -2.45. The molecule has 0 spiro atoms. The zero-order valence-electron chi connectivity index (χ0n) is 51.6. The van der Waals surface area contributed by atoms with E-state index in [0.29, 0.717) is 17.5 Å². The molecule has 0 saturated carbocycles. The van der Waals surface area contributed by atoms with E-state index in [0.717, 1.165) is 123 Å². The fourth-order valence-electron chi connectivity index (χ4n) is 14.3. The molecule has 0 fully saturated rings. The van der Waals surface area contributed by atoms with Crippen LogP contribution in [0.3, 0.4) is 0 Å². The highest BCUT2D eigenvalue weighted by atomic mass is 16.3. The van der Waals surface area contributed by atoms with Crippen molar-refractivity contribution in [3.63, 3.8) is 0 Å². The predicted octanol–water partition coefficient (Wildman–Crippen LogP) is 19.9. The van der Waals surface area contributed by atoms with E-state index in [2.05, 4.69) is 292 Å². The van der Waals surface area contributed by atoms with E-state index in [9.17, 15) is 0 Å². The molecule has 2 aliphatic rings. The molecule has 2 aliphatic heterocycles. The van der Waals surface area contributed by atoms with Crippen molar-refractivity contribution in [2.75, 3.05) is 9.80 Å². The van der Waals surface area contributed by atoms with Gasteiger partial charge in [-0.15, -0.1) is 0 Å². The molecule has 0 N–H and O–H groups in total. The molecular formula is C83H63BN6O. The average Bonchev–Trinajstić information content (AvgIpc) is 1.68. The topological polar surface area (TPSA) is 63.2 Å². The number of furan rings is 1. The number of benzene rings is 12. The van der Waals surface area contributed by atoms with Gasteiger partial charge in [-0.3, -0.25) is 0 Å². The third kappa shape index (κ3) is 8.83. The number of rotatable bonds is 8. The van der Waals surface area contributed by atoms with Gasteiger partial charge in [-0.2, -0.15) is 0 Å². The summed E-state index contributed by atoms with van der Waals surface area (Å²) in [7, 11) is 0. The van der Waals surface area contributed by atoms with Crippen molar-refractivity contribution in [1.82, 2.24) is 19.5 Å². The van der Waals surface area contributed by atoms with Crippen LogP contribution in [0.2, 0.25) is 0 Å². The molecule has 0 radical (unpaired) electrons. The van der Waals surface area contributed by atoms with Gasteiger partial charge < -0.3 is 18.8 Å². The highest BCUT2D eigenvalue weighted by Gasteiger charge is 2.46. The van der Waals surface area contributed by atoms with Crippen LogP contribution < -0.4 is 26.2 Å². The number of nitrogens with zero attached hydrogens (tertiary/aromatic N) is 6. The summed E-state index contributed by atoms with van der Waals surface area (Å²) in [6.45, 7) is 13.4. The van der Waals surface area contributed by atoms with E-state index in [-0.39, 0.29) is 17.5 Å². The molecule has 5 heterocycles. The van der Waals surface area contributed by atoms with Gasteiger partial charge in [0.1, 0.15) is 5.58 Å². The van der Waals surface area contributed by atoms with Gasteiger partial charge in [-0.05, 0) is 110 Å². The van der Waals surface area contributed by atoms with Crippen molar-refractivity contribution in [1.29, 1.82) is 0 Å². The molecule has 0 bridgehead atoms. The van der Waals surface area contributed by atoms with Gasteiger partial charge in [-0.1, -0.05) is 254 Å². The normalized spacial score (nSPS) is 12.9. The summed E-state index contributed by atoms with van der Waals surface area (Å²) in [5.74, 6) is 1.80. The molecule has 0 aliphatic carbocycles. The monoisotopic (exact) mass is 1170 g/mol. The van der Waals surface area contributed by atoms with Crippen molar-refractivity contribution in [3.05, 3.63) is 284 Å². The molecule has 434 valence electrons. The van der Waals surface area contributed by atoms with Crippen LogP contribution in [-0.2, 0) is 10.8 Å². The Morgan fingerprint density at radius 1 is 0.341 bits per heavy atom. The second kappa shape index (κ2) is 20.8. The molecular weight excluding hydrogens is 1110 g/mol. The van der Waals surface area contributed by atoms with Gasteiger partial charge in [0.05, 0.1) is 28.1 Å². The fraction of sp³-hybridized carbons (Fsp3) is 0.0964. The van der Waals surface area contributed by atoms with Crippen molar-refractivity contribution >= 4 is 101 Å². The predicted molar refractivity (Wildman–Crippen MR) is 380 cm³/mol. The van der Waals surface area contributed by atoms with Gasteiger partial charge in [0.15, 0.2) is 23.1 Å². The van der Waals surface area contributed by atoms with Crippen molar-refractivity contribution in [3.8, 4) is 62.1 Å². The quantitative estimate of drug-likeness (QED) is 0.141. The van der Waals surface area contributed by atoms with Crippen molar-refractivity contribution in [2.45, 2.75) is 52.4 Å². The minimum atomic E-state index is -0.309. The average molecular weight is 1170 g/mol. The second-order valence-corrected chi connectivity index (χ2v) is 26.4. The number of aromatic nitrogens is 4. The van der Waals surface area contributed by atoms with Gasteiger partial charge >= 0.3 is 0 Å². The van der Waals surface area contributed by atoms with Crippen LogP contribution in [-0.4, -0.2) is 26.2 Å². The van der Waals surface area contributed by atoms with Crippen molar-refractivity contribution < 1.29 is 4.42 Å². The van der Waals surface area contributed by atoms with E-state index < -0.39 is 0 Å². The summed E-state index contributed by atoms with van der Waals surface area (Å²) >= 11 is 0. The molecule has 0 amide bonds. The lowest BCUT2D eigenvalue weighted by atomic mass is 9.33. The number of para-hydroxylation sites is 5. The number of fused-ring (bicyclic) bond motifs is 11. The van der Waals surface area contributed by atoms with Gasteiger partial charge in [-0.25, -0.2) is 15.0 Å². The number of hydrogen-bond donors (Lipinski definition) is 0. The van der Waals surface area contributed by atoms with E-state index >= 15 is 0 Å². The molecule has 0 unspecified atom stereocenters.